The Morgan fingerprint density at radius 3 is 2.47 bits per heavy atom. The number of rotatable bonds is 6. The largest absolute Gasteiger partial charge is 0.493 e. The van der Waals surface area contributed by atoms with Crippen molar-refractivity contribution in [3.63, 3.8) is 0 Å². The van der Waals surface area contributed by atoms with E-state index in [1.807, 2.05) is 0 Å². The first-order valence-corrected chi connectivity index (χ1v) is 11.8. The molecule has 0 atom stereocenters. The number of benzene rings is 3. The molecular formula is C25H16Cl3FN2O4S. The highest BCUT2D eigenvalue weighted by Gasteiger charge is 2.35. The second-order valence-electron chi connectivity index (χ2n) is 7.48. The summed E-state index contributed by atoms with van der Waals surface area (Å²) in [6.07, 6.45) is 1.31. The van der Waals surface area contributed by atoms with Gasteiger partial charge in [-0.05, 0) is 65.8 Å². The van der Waals surface area contributed by atoms with Crippen molar-refractivity contribution >= 4 is 75.7 Å². The van der Waals surface area contributed by atoms with E-state index in [9.17, 15) is 14.0 Å². The van der Waals surface area contributed by atoms with E-state index in [1.165, 1.54) is 37.5 Å². The van der Waals surface area contributed by atoms with Crippen LogP contribution in [0.5, 0.6) is 11.5 Å². The number of hydrogen-bond donors (Lipinski definition) is 1. The molecular weight excluding hydrogens is 550 g/mol. The van der Waals surface area contributed by atoms with Crippen molar-refractivity contribution in [3.8, 4) is 11.5 Å². The van der Waals surface area contributed by atoms with Crippen molar-refractivity contribution in [2.45, 2.75) is 6.61 Å². The number of carbonyl (C=O) groups is 2. The fourth-order valence-electron chi connectivity index (χ4n) is 3.42. The number of thiocarbonyl (C=S) groups is 1. The summed E-state index contributed by atoms with van der Waals surface area (Å²) in [4.78, 5) is 26.7. The molecule has 0 unspecified atom stereocenters. The number of nitrogens with one attached hydrogen (secondary N) is 1. The summed E-state index contributed by atoms with van der Waals surface area (Å²) in [5.41, 5.74) is 0.774. The van der Waals surface area contributed by atoms with Crippen LogP contribution in [-0.4, -0.2) is 24.0 Å². The van der Waals surface area contributed by atoms with Crippen LogP contribution in [0.3, 0.4) is 0 Å². The molecule has 0 spiro atoms. The fraction of sp³-hybridized carbons (Fsp3) is 0.0800. The molecule has 0 bridgehead atoms. The van der Waals surface area contributed by atoms with E-state index in [0.717, 1.165) is 10.5 Å². The topological polar surface area (TPSA) is 67.9 Å². The highest BCUT2D eigenvalue weighted by molar-refractivity contribution is 7.80. The third-order valence-corrected chi connectivity index (χ3v) is 6.43. The molecule has 1 heterocycles. The Hall–Kier alpha value is -3.17. The Kier molecular flexibility index (Phi) is 7.80. The maximum atomic E-state index is 14.4. The molecule has 6 nitrogen and oxygen atoms in total. The lowest BCUT2D eigenvalue weighted by Crippen LogP contribution is -2.54. The van der Waals surface area contributed by atoms with Crippen LogP contribution in [0, 0.1) is 5.82 Å². The fourth-order valence-corrected chi connectivity index (χ4v) is 4.29. The Balaban J connectivity index is 1.64. The summed E-state index contributed by atoms with van der Waals surface area (Å²) in [5.74, 6) is -1.67. The van der Waals surface area contributed by atoms with E-state index in [4.69, 9.17) is 56.5 Å². The maximum Gasteiger partial charge on any atom is 0.270 e. The molecule has 1 aliphatic heterocycles. The van der Waals surface area contributed by atoms with Crippen molar-refractivity contribution in [1.29, 1.82) is 0 Å². The van der Waals surface area contributed by atoms with Crippen molar-refractivity contribution < 1.29 is 23.5 Å². The number of hydrogen-bond acceptors (Lipinski definition) is 5. The second kappa shape index (κ2) is 10.8. The minimum absolute atomic E-state index is 0.0833. The highest BCUT2D eigenvalue weighted by atomic mass is 35.5. The molecule has 1 saturated heterocycles. The van der Waals surface area contributed by atoms with Crippen LogP contribution in [0.4, 0.5) is 10.1 Å². The molecule has 3 aromatic rings. The highest BCUT2D eigenvalue weighted by Crippen LogP contribution is 2.38. The standard InChI is InChI=1S/C25H16Cl3FN2O4S/c1-34-21-11-14(10-18(28)22(21)35-12-13-6-7-16(26)17(27)9-13)8-15-23(32)30-25(36)31(24(15)33)20-5-3-2-4-19(20)29/h2-11H,12H2,1H3,(H,30,32,36)/b15-8+. The van der Waals surface area contributed by atoms with Gasteiger partial charge in [-0.25, -0.2) is 9.29 Å². The Morgan fingerprint density at radius 1 is 1.03 bits per heavy atom. The molecule has 1 aliphatic rings. The summed E-state index contributed by atoms with van der Waals surface area (Å²) >= 11 is 23.6. The Bertz CT molecular complexity index is 1430. The van der Waals surface area contributed by atoms with Crippen molar-refractivity contribution in [2.24, 2.45) is 0 Å². The molecule has 0 saturated carbocycles. The van der Waals surface area contributed by atoms with Crippen LogP contribution in [0.2, 0.25) is 15.1 Å². The van der Waals surface area contributed by atoms with Gasteiger partial charge < -0.3 is 9.47 Å². The predicted octanol–water partition coefficient (Wildman–Crippen LogP) is 6.20. The number of para-hydroxylation sites is 1. The smallest absolute Gasteiger partial charge is 0.270 e. The normalized spacial score (nSPS) is 14.8. The quantitative estimate of drug-likeness (QED) is 0.219. The number of methoxy groups -OCH3 is 1. The molecule has 4 rings (SSSR count). The number of amides is 2. The average molecular weight is 566 g/mol. The third-order valence-electron chi connectivity index (χ3n) is 5.12. The van der Waals surface area contributed by atoms with E-state index < -0.39 is 17.6 Å². The van der Waals surface area contributed by atoms with Crippen LogP contribution in [0.15, 0.2) is 60.2 Å². The van der Waals surface area contributed by atoms with Gasteiger partial charge in [0.15, 0.2) is 16.6 Å². The van der Waals surface area contributed by atoms with Gasteiger partial charge in [0.2, 0.25) is 0 Å². The number of carbonyl (C=O) groups excluding carboxylic acids is 2. The summed E-state index contributed by atoms with van der Waals surface area (Å²) < 4.78 is 25.6. The molecule has 0 radical (unpaired) electrons. The van der Waals surface area contributed by atoms with Gasteiger partial charge in [0.05, 0.1) is 27.9 Å². The monoisotopic (exact) mass is 564 g/mol. The SMILES string of the molecule is COc1cc(/C=C2\C(=O)NC(=S)N(c3ccccc3F)C2=O)cc(Cl)c1OCc1ccc(Cl)c(Cl)c1. The zero-order valence-electron chi connectivity index (χ0n) is 18.5. The van der Waals surface area contributed by atoms with Gasteiger partial charge in [-0.1, -0.05) is 53.0 Å². The zero-order valence-corrected chi connectivity index (χ0v) is 21.6. The van der Waals surface area contributed by atoms with Gasteiger partial charge in [-0.3, -0.25) is 14.9 Å². The van der Waals surface area contributed by atoms with Crippen molar-refractivity contribution in [2.75, 3.05) is 12.0 Å². The predicted molar refractivity (Wildman–Crippen MR) is 141 cm³/mol. The zero-order chi connectivity index (χ0) is 26.0. The summed E-state index contributed by atoms with van der Waals surface area (Å²) in [7, 11) is 1.42. The molecule has 11 heteroatoms. The van der Waals surface area contributed by atoms with E-state index in [-0.39, 0.29) is 39.5 Å². The Labute approximate surface area is 226 Å². The van der Waals surface area contributed by atoms with E-state index in [0.29, 0.717) is 15.6 Å². The average Bonchev–Trinajstić information content (AvgIpc) is 2.84. The van der Waals surface area contributed by atoms with Gasteiger partial charge in [-0.2, -0.15) is 0 Å². The molecule has 36 heavy (non-hydrogen) atoms. The van der Waals surface area contributed by atoms with E-state index >= 15 is 0 Å². The number of anilines is 1. The molecule has 2 amide bonds. The van der Waals surface area contributed by atoms with Crippen molar-refractivity contribution in [1.82, 2.24) is 5.32 Å². The van der Waals surface area contributed by atoms with E-state index in [2.05, 4.69) is 5.32 Å². The van der Waals surface area contributed by atoms with Crippen LogP contribution >= 0.6 is 47.0 Å². The maximum absolute atomic E-state index is 14.4. The molecule has 0 aromatic heterocycles. The first-order chi connectivity index (χ1) is 17.2. The first kappa shape index (κ1) is 25.9. The van der Waals surface area contributed by atoms with Crippen LogP contribution < -0.4 is 19.7 Å². The lowest BCUT2D eigenvalue weighted by Gasteiger charge is -2.29. The molecule has 1 fully saturated rings. The number of ether oxygens (including phenoxy) is 2. The third kappa shape index (κ3) is 5.32. The summed E-state index contributed by atoms with van der Waals surface area (Å²) in [6.45, 7) is 0.128. The molecule has 0 aliphatic carbocycles. The minimum Gasteiger partial charge on any atom is -0.493 e. The lowest BCUT2D eigenvalue weighted by molar-refractivity contribution is -0.122. The van der Waals surface area contributed by atoms with Gasteiger partial charge in [0.1, 0.15) is 18.0 Å². The van der Waals surface area contributed by atoms with E-state index in [1.54, 1.807) is 30.3 Å². The van der Waals surface area contributed by atoms with Crippen LogP contribution in [0.25, 0.3) is 6.08 Å². The molecule has 184 valence electrons. The molecule has 3 aromatic carbocycles. The summed E-state index contributed by atoms with van der Waals surface area (Å²) in [5, 5.41) is 3.16. The van der Waals surface area contributed by atoms with Crippen LogP contribution in [0.1, 0.15) is 11.1 Å². The minimum atomic E-state index is -0.788. The van der Waals surface area contributed by atoms with Gasteiger partial charge in [-0.15, -0.1) is 0 Å². The van der Waals surface area contributed by atoms with Crippen LogP contribution in [-0.2, 0) is 16.2 Å². The first-order valence-electron chi connectivity index (χ1n) is 10.3. The summed E-state index contributed by atoms with van der Waals surface area (Å²) in [6, 6.07) is 13.7. The number of halogens is 4. The lowest BCUT2D eigenvalue weighted by atomic mass is 10.1. The number of nitrogens with zero attached hydrogens (tertiary/aromatic N) is 1. The molecule has 1 N–H and O–H groups in total. The van der Waals surface area contributed by atoms with Gasteiger partial charge >= 0.3 is 0 Å². The van der Waals surface area contributed by atoms with Crippen molar-refractivity contribution in [3.05, 3.63) is 92.2 Å². The van der Waals surface area contributed by atoms with Gasteiger partial charge in [0.25, 0.3) is 11.8 Å². The second-order valence-corrected chi connectivity index (χ2v) is 9.09. The Morgan fingerprint density at radius 2 is 1.78 bits per heavy atom. The van der Waals surface area contributed by atoms with Gasteiger partial charge in [0, 0.05) is 0 Å².